The topological polar surface area (TPSA) is 97.1 Å². The van der Waals surface area contributed by atoms with E-state index in [-0.39, 0.29) is 6.54 Å². The van der Waals surface area contributed by atoms with Gasteiger partial charge in [-0.3, -0.25) is 10.1 Å². The summed E-state index contributed by atoms with van der Waals surface area (Å²) < 4.78 is 0. The molecule has 1 aromatic heterocycles. The van der Waals surface area contributed by atoms with E-state index in [1.807, 2.05) is 17.6 Å². The van der Waals surface area contributed by atoms with Crippen molar-refractivity contribution >= 4 is 23.3 Å². The lowest BCUT2D eigenvalue weighted by Gasteiger charge is -2.01. The van der Waals surface area contributed by atoms with Gasteiger partial charge in [0.1, 0.15) is 5.01 Å². The first kappa shape index (κ1) is 11.6. The van der Waals surface area contributed by atoms with Crippen molar-refractivity contribution in [2.75, 3.05) is 6.54 Å². The average Bonchev–Trinajstić information content (AvgIpc) is 2.50. The number of amides is 3. The van der Waals surface area contributed by atoms with Crippen LogP contribution in [0.25, 0.3) is 0 Å². The van der Waals surface area contributed by atoms with Gasteiger partial charge in [0, 0.05) is 17.6 Å². The van der Waals surface area contributed by atoms with E-state index in [0.29, 0.717) is 6.54 Å². The third kappa shape index (κ3) is 4.52. The normalized spacial score (nSPS) is 9.93. The number of nitrogens with zero attached hydrogens (tertiary/aromatic N) is 1. The number of carbonyl (C=O) groups is 2. The highest BCUT2D eigenvalue weighted by atomic mass is 32.1. The molecular weight excluding hydrogens is 216 g/mol. The molecule has 6 nitrogen and oxygen atoms in total. The van der Waals surface area contributed by atoms with E-state index in [1.54, 1.807) is 0 Å². The molecule has 0 aliphatic carbocycles. The summed E-state index contributed by atoms with van der Waals surface area (Å²) >= 11 is 1.52. The first-order chi connectivity index (χ1) is 7.08. The fraction of sp³-hybridized carbons (Fsp3) is 0.375. The summed E-state index contributed by atoms with van der Waals surface area (Å²) in [6, 6.07) is -0.841. The Morgan fingerprint density at radius 3 is 2.87 bits per heavy atom. The van der Waals surface area contributed by atoms with Gasteiger partial charge < -0.3 is 11.1 Å². The second-order valence-electron chi connectivity index (χ2n) is 2.90. The van der Waals surface area contributed by atoms with Crippen molar-refractivity contribution < 1.29 is 9.59 Å². The van der Waals surface area contributed by atoms with Gasteiger partial charge in [-0.15, -0.1) is 11.3 Å². The monoisotopic (exact) mass is 228 g/mol. The Bertz CT molecular complexity index is 363. The average molecular weight is 228 g/mol. The number of imide groups is 1. The van der Waals surface area contributed by atoms with Gasteiger partial charge in [0.15, 0.2) is 0 Å². The zero-order valence-corrected chi connectivity index (χ0v) is 9.06. The number of primary amides is 1. The van der Waals surface area contributed by atoms with Crippen LogP contribution < -0.4 is 16.4 Å². The standard InChI is InChI=1S/C8H12N4O2S/c1-5-4-15-7(11-5)3-10-2-6(13)12-8(9)14/h4,10H,2-3H2,1H3,(H3,9,12,13,14). The van der Waals surface area contributed by atoms with E-state index >= 15 is 0 Å². The van der Waals surface area contributed by atoms with Crippen LogP contribution in [0.2, 0.25) is 0 Å². The fourth-order valence-electron chi connectivity index (χ4n) is 0.948. The third-order valence-corrected chi connectivity index (χ3v) is 2.46. The van der Waals surface area contributed by atoms with Crippen LogP contribution >= 0.6 is 11.3 Å². The Kier molecular flexibility index (Phi) is 4.19. The van der Waals surface area contributed by atoms with E-state index in [0.717, 1.165) is 10.7 Å². The summed E-state index contributed by atoms with van der Waals surface area (Å²) in [5.74, 6) is -0.448. The fourth-order valence-corrected chi connectivity index (χ4v) is 1.69. The predicted molar refractivity (Wildman–Crippen MR) is 56.3 cm³/mol. The predicted octanol–water partition coefficient (Wildman–Crippen LogP) is -0.264. The number of aryl methyl sites for hydroxylation is 1. The number of nitrogens with one attached hydrogen (secondary N) is 2. The maximum absolute atomic E-state index is 11.0. The number of hydrogen-bond acceptors (Lipinski definition) is 5. The molecule has 0 atom stereocenters. The summed E-state index contributed by atoms with van der Waals surface area (Å²) in [6.07, 6.45) is 0. The van der Waals surface area contributed by atoms with E-state index in [2.05, 4.69) is 10.3 Å². The third-order valence-electron chi connectivity index (χ3n) is 1.49. The quantitative estimate of drug-likeness (QED) is 0.661. The molecule has 0 unspecified atom stereocenters. The lowest BCUT2D eigenvalue weighted by molar-refractivity contribution is -0.119. The van der Waals surface area contributed by atoms with E-state index in [9.17, 15) is 9.59 Å². The lowest BCUT2D eigenvalue weighted by atomic mass is 10.5. The van der Waals surface area contributed by atoms with Crippen molar-refractivity contribution in [3.8, 4) is 0 Å². The molecule has 4 N–H and O–H groups in total. The van der Waals surface area contributed by atoms with E-state index in [4.69, 9.17) is 5.73 Å². The molecule has 0 aromatic carbocycles. The second kappa shape index (κ2) is 5.42. The van der Waals surface area contributed by atoms with Crippen LogP contribution in [0.1, 0.15) is 10.7 Å². The van der Waals surface area contributed by atoms with Gasteiger partial charge in [-0.1, -0.05) is 0 Å². The molecule has 0 aliphatic rings. The SMILES string of the molecule is Cc1csc(CNCC(=O)NC(N)=O)n1. The van der Waals surface area contributed by atoms with Gasteiger partial charge in [-0.05, 0) is 6.92 Å². The van der Waals surface area contributed by atoms with Crippen molar-refractivity contribution in [2.45, 2.75) is 13.5 Å². The maximum atomic E-state index is 11.0. The smallest absolute Gasteiger partial charge is 0.318 e. The number of nitrogens with two attached hydrogens (primary N) is 1. The van der Waals surface area contributed by atoms with Crippen LogP contribution in [0.3, 0.4) is 0 Å². The van der Waals surface area contributed by atoms with Crippen LogP contribution in [-0.4, -0.2) is 23.5 Å². The molecule has 0 bridgehead atoms. The molecule has 0 saturated carbocycles. The molecule has 1 heterocycles. The van der Waals surface area contributed by atoms with Crippen LogP contribution in [-0.2, 0) is 11.3 Å². The summed E-state index contributed by atoms with van der Waals surface area (Å²) in [6.45, 7) is 2.45. The summed E-state index contributed by atoms with van der Waals surface area (Å²) in [4.78, 5) is 25.5. The molecular formula is C8H12N4O2S. The van der Waals surface area contributed by atoms with Crippen LogP contribution in [0.5, 0.6) is 0 Å². The van der Waals surface area contributed by atoms with Crippen molar-refractivity contribution in [3.05, 3.63) is 16.1 Å². The Labute approximate surface area is 90.9 Å². The number of aromatic nitrogens is 1. The minimum absolute atomic E-state index is 0.0432. The summed E-state index contributed by atoms with van der Waals surface area (Å²) in [5.41, 5.74) is 5.73. The highest BCUT2D eigenvalue weighted by molar-refractivity contribution is 7.09. The second-order valence-corrected chi connectivity index (χ2v) is 3.84. The molecule has 0 fully saturated rings. The van der Waals surface area contributed by atoms with Crippen molar-refractivity contribution in [3.63, 3.8) is 0 Å². The van der Waals surface area contributed by atoms with Crippen molar-refractivity contribution in [2.24, 2.45) is 5.73 Å². The summed E-state index contributed by atoms with van der Waals surface area (Å²) in [5, 5.41) is 7.64. The number of carbonyl (C=O) groups excluding carboxylic acids is 2. The van der Waals surface area contributed by atoms with Gasteiger partial charge in [-0.2, -0.15) is 0 Å². The van der Waals surface area contributed by atoms with E-state index in [1.165, 1.54) is 11.3 Å². The number of urea groups is 1. The molecule has 82 valence electrons. The molecule has 0 radical (unpaired) electrons. The molecule has 0 aliphatic heterocycles. The minimum atomic E-state index is -0.841. The molecule has 1 rings (SSSR count). The van der Waals surface area contributed by atoms with Gasteiger partial charge in [0.05, 0.1) is 6.54 Å². The van der Waals surface area contributed by atoms with Gasteiger partial charge in [0.2, 0.25) is 5.91 Å². The Morgan fingerprint density at radius 2 is 2.33 bits per heavy atom. The van der Waals surface area contributed by atoms with Gasteiger partial charge in [0.25, 0.3) is 0 Å². The Hall–Kier alpha value is -1.47. The highest BCUT2D eigenvalue weighted by Crippen LogP contribution is 2.07. The number of thiazole rings is 1. The minimum Gasteiger partial charge on any atom is -0.351 e. The van der Waals surface area contributed by atoms with E-state index < -0.39 is 11.9 Å². The Balaban J connectivity index is 2.22. The molecule has 3 amide bonds. The van der Waals surface area contributed by atoms with Crippen LogP contribution in [0.15, 0.2) is 5.38 Å². The van der Waals surface area contributed by atoms with Gasteiger partial charge >= 0.3 is 6.03 Å². The Morgan fingerprint density at radius 1 is 1.60 bits per heavy atom. The van der Waals surface area contributed by atoms with Gasteiger partial charge in [-0.25, -0.2) is 9.78 Å². The first-order valence-electron chi connectivity index (χ1n) is 4.29. The van der Waals surface area contributed by atoms with Crippen molar-refractivity contribution in [1.82, 2.24) is 15.6 Å². The van der Waals surface area contributed by atoms with Crippen LogP contribution in [0.4, 0.5) is 4.79 Å². The van der Waals surface area contributed by atoms with Crippen LogP contribution in [0, 0.1) is 6.92 Å². The molecule has 0 spiro atoms. The first-order valence-corrected chi connectivity index (χ1v) is 5.17. The molecule has 7 heteroatoms. The maximum Gasteiger partial charge on any atom is 0.318 e. The number of rotatable bonds is 4. The molecule has 1 aromatic rings. The zero-order valence-electron chi connectivity index (χ0n) is 8.24. The summed E-state index contributed by atoms with van der Waals surface area (Å²) in [7, 11) is 0. The number of hydrogen-bond donors (Lipinski definition) is 3. The molecule has 0 saturated heterocycles. The lowest BCUT2D eigenvalue weighted by Crippen LogP contribution is -2.40. The highest BCUT2D eigenvalue weighted by Gasteiger charge is 2.04. The zero-order chi connectivity index (χ0) is 11.3. The largest absolute Gasteiger partial charge is 0.351 e. The van der Waals surface area contributed by atoms with Crippen molar-refractivity contribution in [1.29, 1.82) is 0 Å². The molecule has 15 heavy (non-hydrogen) atoms.